The standard InChI is InChI=1S/C33H40N8O3/c1-6-30(42)36-25-19-26(29(44-5)20-27(25)40(4)17-16-39(2)3)37-33-34-21-22-18-28(32(43)35-23-12-8-7-9-13-23)41(31(22)38-33)24-14-10-11-15-24/h6-9,12-13,18-21,24H,1,10-11,14-17H2,2-5H3,(H,35,43)(H,36,42)(H,34,37,38). The molecule has 1 saturated carbocycles. The van der Waals surface area contributed by atoms with Crippen LogP contribution < -0.4 is 25.6 Å². The van der Waals surface area contributed by atoms with Crippen molar-refractivity contribution in [3.63, 3.8) is 0 Å². The maximum absolute atomic E-state index is 13.5. The zero-order chi connectivity index (χ0) is 31.2. The molecule has 2 amide bonds. The molecule has 5 rings (SSSR count). The number of carbonyl (C=O) groups excluding carboxylic acids is 2. The van der Waals surface area contributed by atoms with Gasteiger partial charge < -0.3 is 35.1 Å². The van der Waals surface area contributed by atoms with Crippen LogP contribution in [0, 0.1) is 0 Å². The van der Waals surface area contributed by atoms with Crippen LogP contribution in [0.3, 0.4) is 0 Å². The third-order valence-electron chi connectivity index (χ3n) is 7.83. The van der Waals surface area contributed by atoms with Crippen LogP contribution in [-0.4, -0.2) is 72.6 Å². The molecule has 11 heteroatoms. The Morgan fingerprint density at radius 1 is 1.05 bits per heavy atom. The highest BCUT2D eigenvalue weighted by Gasteiger charge is 2.26. The van der Waals surface area contributed by atoms with Crippen LogP contribution in [-0.2, 0) is 4.79 Å². The molecule has 0 unspecified atom stereocenters. The Bertz CT molecular complexity index is 1640. The van der Waals surface area contributed by atoms with E-state index in [-0.39, 0.29) is 17.9 Å². The summed E-state index contributed by atoms with van der Waals surface area (Å²) in [7, 11) is 7.59. The molecule has 44 heavy (non-hydrogen) atoms. The second-order valence-corrected chi connectivity index (χ2v) is 11.2. The number of anilines is 5. The van der Waals surface area contributed by atoms with Gasteiger partial charge in [0.25, 0.3) is 5.91 Å². The van der Waals surface area contributed by atoms with Gasteiger partial charge in [0.1, 0.15) is 17.1 Å². The molecule has 11 nitrogen and oxygen atoms in total. The second-order valence-electron chi connectivity index (χ2n) is 11.2. The van der Waals surface area contributed by atoms with E-state index in [1.54, 1.807) is 13.3 Å². The SMILES string of the molecule is C=CC(=O)Nc1cc(Nc2ncc3cc(C(=O)Nc4ccccc4)n(C4CCCC4)c3n2)c(OC)cc1N(C)CCN(C)C. The average Bonchev–Trinajstić information content (AvgIpc) is 3.68. The largest absolute Gasteiger partial charge is 0.494 e. The Hall–Kier alpha value is -4.90. The van der Waals surface area contributed by atoms with Crippen molar-refractivity contribution in [3.8, 4) is 5.75 Å². The van der Waals surface area contributed by atoms with Gasteiger partial charge in [0, 0.05) is 49.5 Å². The first-order chi connectivity index (χ1) is 21.3. The number of nitrogens with one attached hydrogen (secondary N) is 3. The molecule has 1 fully saturated rings. The lowest BCUT2D eigenvalue weighted by Gasteiger charge is -2.26. The Balaban J connectivity index is 1.52. The Morgan fingerprint density at radius 3 is 2.48 bits per heavy atom. The molecule has 0 radical (unpaired) electrons. The molecule has 4 aromatic rings. The van der Waals surface area contributed by atoms with Crippen LogP contribution in [0.2, 0.25) is 0 Å². The molecule has 0 aliphatic heterocycles. The van der Waals surface area contributed by atoms with Crippen LogP contribution in [0.1, 0.15) is 42.2 Å². The number of methoxy groups -OCH3 is 1. The summed E-state index contributed by atoms with van der Waals surface area (Å²) in [6.07, 6.45) is 7.13. The Kier molecular flexibility index (Phi) is 9.44. The smallest absolute Gasteiger partial charge is 0.272 e. The lowest BCUT2D eigenvalue weighted by Crippen LogP contribution is -2.29. The summed E-state index contributed by atoms with van der Waals surface area (Å²) in [6.45, 7) is 5.16. The molecule has 2 aromatic carbocycles. The fourth-order valence-electron chi connectivity index (χ4n) is 5.52. The number of rotatable bonds is 12. The van der Waals surface area contributed by atoms with Gasteiger partial charge >= 0.3 is 0 Å². The van der Waals surface area contributed by atoms with Crippen molar-refractivity contribution in [2.75, 3.05) is 62.2 Å². The molecule has 2 heterocycles. The molecule has 3 N–H and O–H groups in total. The monoisotopic (exact) mass is 596 g/mol. The first kappa shape index (κ1) is 30.6. The van der Waals surface area contributed by atoms with Crippen LogP contribution in [0.4, 0.5) is 28.7 Å². The maximum Gasteiger partial charge on any atom is 0.272 e. The van der Waals surface area contributed by atoms with E-state index in [4.69, 9.17) is 9.72 Å². The second kappa shape index (κ2) is 13.6. The molecule has 0 saturated heterocycles. The third kappa shape index (κ3) is 6.84. The van der Waals surface area contributed by atoms with E-state index in [0.717, 1.165) is 55.5 Å². The molecule has 0 spiro atoms. The number of para-hydroxylation sites is 1. The normalized spacial score (nSPS) is 13.2. The fourth-order valence-corrected chi connectivity index (χ4v) is 5.52. The minimum Gasteiger partial charge on any atom is -0.494 e. The maximum atomic E-state index is 13.5. The highest BCUT2D eigenvalue weighted by Crippen LogP contribution is 2.39. The first-order valence-electron chi connectivity index (χ1n) is 14.8. The van der Waals surface area contributed by atoms with Crippen molar-refractivity contribution >= 4 is 51.5 Å². The third-order valence-corrected chi connectivity index (χ3v) is 7.83. The zero-order valence-electron chi connectivity index (χ0n) is 25.8. The van der Waals surface area contributed by atoms with Gasteiger partial charge in [-0.15, -0.1) is 0 Å². The molecule has 0 bridgehead atoms. The van der Waals surface area contributed by atoms with E-state index in [2.05, 4.69) is 41.9 Å². The number of fused-ring (bicyclic) bond motifs is 1. The van der Waals surface area contributed by atoms with Gasteiger partial charge in [-0.1, -0.05) is 37.6 Å². The van der Waals surface area contributed by atoms with Crippen LogP contribution in [0.5, 0.6) is 5.75 Å². The first-order valence-corrected chi connectivity index (χ1v) is 14.8. The molecule has 1 aliphatic rings. The van der Waals surface area contributed by atoms with Crippen molar-refractivity contribution in [1.82, 2.24) is 19.4 Å². The van der Waals surface area contributed by atoms with Gasteiger partial charge in [-0.3, -0.25) is 9.59 Å². The summed E-state index contributed by atoms with van der Waals surface area (Å²) in [5, 5.41) is 10.0. The number of aromatic nitrogens is 3. The summed E-state index contributed by atoms with van der Waals surface area (Å²) < 4.78 is 7.82. The summed E-state index contributed by atoms with van der Waals surface area (Å²) in [5.41, 5.74) is 3.94. The van der Waals surface area contributed by atoms with Gasteiger partial charge in [0.15, 0.2) is 0 Å². The van der Waals surface area contributed by atoms with E-state index >= 15 is 0 Å². The number of hydrogen-bond acceptors (Lipinski definition) is 8. The van der Waals surface area contributed by atoms with Gasteiger partial charge in [-0.2, -0.15) is 4.98 Å². The lowest BCUT2D eigenvalue weighted by atomic mass is 10.2. The summed E-state index contributed by atoms with van der Waals surface area (Å²) in [4.78, 5) is 39.5. The summed E-state index contributed by atoms with van der Waals surface area (Å²) in [5.74, 6) is 0.398. The number of ether oxygens (including phenoxy) is 1. The molecule has 2 aromatic heterocycles. The van der Waals surface area contributed by atoms with Crippen molar-refractivity contribution in [3.05, 3.63) is 73.1 Å². The number of benzene rings is 2. The molecular weight excluding hydrogens is 556 g/mol. The Labute approximate surface area is 257 Å². The lowest BCUT2D eigenvalue weighted by molar-refractivity contribution is -0.111. The highest BCUT2D eigenvalue weighted by molar-refractivity contribution is 6.06. The predicted octanol–water partition coefficient (Wildman–Crippen LogP) is 5.67. The van der Waals surface area contributed by atoms with Crippen LogP contribution >= 0.6 is 0 Å². The minimum atomic E-state index is -0.322. The van der Waals surface area contributed by atoms with Gasteiger partial charge in [-0.25, -0.2) is 4.98 Å². The van der Waals surface area contributed by atoms with Gasteiger partial charge in [0.2, 0.25) is 11.9 Å². The number of hydrogen-bond donors (Lipinski definition) is 3. The van der Waals surface area contributed by atoms with Crippen molar-refractivity contribution in [2.45, 2.75) is 31.7 Å². The van der Waals surface area contributed by atoms with Gasteiger partial charge in [0.05, 0.1) is 24.2 Å². The van der Waals surface area contributed by atoms with Crippen LogP contribution in [0.25, 0.3) is 11.0 Å². The topological polar surface area (TPSA) is 117 Å². The van der Waals surface area contributed by atoms with Crippen LogP contribution in [0.15, 0.2) is 67.4 Å². The summed E-state index contributed by atoms with van der Waals surface area (Å²) >= 11 is 0. The van der Waals surface area contributed by atoms with Gasteiger partial charge in [-0.05, 0) is 57.3 Å². The zero-order valence-corrected chi connectivity index (χ0v) is 25.8. The fraction of sp³-hybridized carbons (Fsp3) is 0.333. The molecule has 230 valence electrons. The van der Waals surface area contributed by atoms with Crippen molar-refractivity contribution in [1.29, 1.82) is 0 Å². The number of carbonyl (C=O) groups is 2. The quantitative estimate of drug-likeness (QED) is 0.179. The van der Waals surface area contributed by atoms with E-state index in [9.17, 15) is 9.59 Å². The number of likely N-dealkylation sites (N-methyl/N-ethyl adjacent to an activating group) is 2. The summed E-state index contributed by atoms with van der Waals surface area (Å²) in [6, 6.07) is 15.1. The molecule has 0 atom stereocenters. The molecule has 1 aliphatic carbocycles. The van der Waals surface area contributed by atoms with E-state index in [1.165, 1.54) is 6.08 Å². The van der Waals surface area contributed by atoms with E-state index < -0.39 is 0 Å². The average molecular weight is 597 g/mol. The number of nitrogens with zero attached hydrogens (tertiary/aromatic N) is 5. The van der Waals surface area contributed by atoms with E-state index in [0.29, 0.717) is 34.4 Å². The minimum absolute atomic E-state index is 0.166. The van der Waals surface area contributed by atoms with Crippen molar-refractivity contribution < 1.29 is 14.3 Å². The molecular formula is C33H40N8O3. The van der Waals surface area contributed by atoms with E-state index in [1.807, 2.05) is 69.7 Å². The highest BCUT2D eigenvalue weighted by atomic mass is 16.5. The predicted molar refractivity (Wildman–Crippen MR) is 176 cm³/mol. The van der Waals surface area contributed by atoms with Crippen molar-refractivity contribution in [2.24, 2.45) is 0 Å². The Morgan fingerprint density at radius 2 is 1.80 bits per heavy atom. The number of amides is 2.